The lowest BCUT2D eigenvalue weighted by Crippen LogP contribution is -2.67. The van der Waals surface area contributed by atoms with Crippen LogP contribution in [0.25, 0.3) is 0 Å². The van der Waals surface area contributed by atoms with Crippen molar-refractivity contribution < 1.29 is 29.8 Å². The summed E-state index contributed by atoms with van der Waals surface area (Å²) >= 11 is 1.21. The quantitative estimate of drug-likeness (QED) is 0.232. The summed E-state index contributed by atoms with van der Waals surface area (Å²) in [6.07, 6.45) is -0.672. The number of carbonyl (C=O) groups is 1. The summed E-state index contributed by atoms with van der Waals surface area (Å²) in [4.78, 5) is 28.6. The van der Waals surface area contributed by atoms with Crippen molar-refractivity contribution in [3.8, 4) is 0 Å². The molecule has 0 aliphatic carbocycles. The van der Waals surface area contributed by atoms with Crippen LogP contribution in [0.3, 0.4) is 0 Å². The molecule has 214 valence electrons. The number of nitro groups is 1. The molecule has 1 aromatic carbocycles. The highest BCUT2D eigenvalue weighted by atomic mass is 32.2. The van der Waals surface area contributed by atoms with Gasteiger partial charge in [0.2, 0.25) is 5.91 Å². The number of carbonyl (C=O) groups excluding carboxylic acids is 1. The number of aliphatic hydroxyl groups excluding tert-OH is 3. The molecule has 1 amide bonds. The molecule has 2 saturated heterocycles. The Kier molecular flexibility index (Phi) is 10.9. The maximum atomic E-state index is 13.6. The topological polar surface area (TPSA) is 149 Å². The van der Waals surface area contributed by atoms with Crippen LogP contribution in [0.4, 0.5) is 5.69 Å². The highest BCUT2D eigenvalue weighted by Crippen LogP contribution is 2.32. The minimum absolute atomic E-state index is 0.00313. The zero-order valence-corrected chi connectivity index (χ0v) is 23.6. The highest BCUT2D eigenvalue weighted by molar-refractivity contribution is 7.99. The standard InChI is InChI=1S/C26H42N4O7S/c1-6-9-16-12-19(29(4)13-16)25(34)27-20(24-22(32)21(31)23(33)26(37-24)38-5)15(2)28(3)14-17-10-7-8-11-18(17)30(35)36/h7-8,10-11,15-16,19-24,26,31-33H,6,9,12-14H2,1-5H3,(H,27,34)/t15-,16+,19-,20+,21?,22?,23+,24+,26?/m0/s1. The SMILES string of the molecule is CCC[C@@H]1C[C@@H](C(=O)N[C@@H]([C@H]2OC(SC)[C@H](O)C(O)C2O)[C@H](C)N(C)Cc2ccccc2[N+](=O)[O-])N(C)C1. The molecule has 12 heteroatoms. The molecule has 0 aromatic heterocycles. The number of ether oxygens (including phenoxy) is 1. The summed E-state index contributed by atoms with van der Waals surface area (Å²) in [7, 11) is 3.71. The summed E-state index contributed by atoms with van der Waals surface area (Å²) in [5, 5.41) is 46.6. The number of likely N-dealkylation sites (tertiary alicyclic amines) is 1. The smallest absolute Gasteiger partial charge is 0.273 e. The van der Waals surface area contributed by atoms with Crippen LogP contribution in [-0.4, -0.2) is 111 Å². The minimum Gasteiger partial charge on any atom is -0.388 e. The number of nitrogens with one attached hydrogen (secondary N) is 1. The Morgan fingerprint density at radius 1 is 1.29 bits per heavy atom. The molecule has 4 N–H and O–H groups in total. The predicted molar refractivity (Wildman–Crippen MR) is 146 cm³/mol. The second kappa shape index (κ2) is 13.5. The number of nitro benzene ring substituents is 1. The molecule has 1 aromatic rings. The van der Waals surface area contributed by atoms with Crippen molar-refractivity contribution >= 4 is 23.4 Å². The third kappa shape index (κ3) is 6.85. The van der Waals surface area contributed by atoms with E-state index < -0.39 is 46.9 Å². The number of nitrogens with zero attached hydrogens (tertiary/aromatic N) is 3. The van der Waals surface area contributed by atoms with Gasteiger partial charge in [-0.25, -0.2) is 0 Å². The van der Waals surface area contributed by atoms with Gasteiger partial charge in [0.05, 0.1) is 17.0 Å². The van der Waals surface area contributed by atoms with Crippen LogP contribution < -0.4 is 5.32 Å². The van der Waals surface area contributed by atoms with Crippen molar-refractivity contribution in [1.29, 1.82) is 0 Å². The normalized spacial score (nSPS) is 31.8. The number of thioether (sulfide) groups is 1. The molecular weight excluding hydrogens is 512 g/mol. The molecule has 2 heterocycles. The fourth-order valence-corrected chi connectivity index (χ4v) is 6.32. The predicted octanol–water partition coefficient (Wildman–Crippen LogP) is 1.19. The van der Waals surface area contributed by atoms with Crippen LogP contribution in [0.15, 0.2) is 24.3 Å². The number of hydrogen-bond acceptors (Lipinski definition) is 10. The van der Waals surface area contributed by atoms with Crippen LogP contribution in [0.2, 0.25) is 0 Å². The first-order valence-corrected chi connectivity index (χ1v) is 14.4. The number of amides is 1. The summed E-state index contributed by atoms with van der Waals surface area (Å²) < 4.78 is 6.07. The van der Waals surface area contributed by atoms with Crippen molar-refractivity contribution in [3.05, 3.63) is 39.9 Å². The van der Waals surface area contributed by atoms with Crippen molar-refractivity contribution in [2.24, 2.45) is 5.92 Å². The average Bonchev–Trinajstić information content (AvgIpc) is 3.26. The molecular formula is C26H42N4O7S. The minimum atomic E-state index is -1.46. The van der Waals surface area contributed by atoms with Crippen LogP contribution in [0, 0.1) is 16.0 Å². The molecule has 0 bridgehead atoms. The molecule has 9 atom stereocenters. The van der Waals surface area contributed by atoms with Gasteiger partial charge in [-0.3, -0.25) is 24.7 Å². The Bertz CT molecular complexity index is 954. The third-order valence-electron chi connectivity index (χ3n) is 7.96. The molecule has 3 unspecified atom stereocenters. The Labute approximate surface area is 228 Å². The Morgan fingerprint density at radius 2 is 1.97 bits per heavy atom. The van der Waals surface area contributed by atoms with Gasteiger partial charge in [0.1, 0.15) is 29.9 Å². The average molecular weight is 555 g/mol. The number of hydrogen-bond donors (Lipinski definition) is 4. The lowest BCUT2D eigenvalue weighted by Gasteiger charge is -2.46. The molecule has 3 rings (SSSR count). The molecule has 2 aliphatic heterocycles. The number of aliphatic hydroxyl groups is 3. The lowest BCUT2D eigenvalue weighted by atomic mass is 9.90. The van der Waals surface area contributed by atoms with E-state index in [0.29, 0.717) is 11.5 Å². The van der Waals surface area contributed by atoms with E-state index in [4.69, 9.17) is 4.74 Å². The molecule has 0 radical (unpaired) electrons. The van der Waals surface area contributed by atoms with Crippen molar-refractivity contribution in [3.63, 3.8) is 0 Å². The second-order valence-corrected chi connectivity index (χ2v) is 11.5. The monoisotopic (exact) mass is 554 g/mol. The van der Waals surface area contributed by atoms with E-state index >= 15 is 0 Å². The van der Waals surface area contributed by atoms with Gasteiger partial charge in [-0.15, -0.1) is 11.8 Å². The van der Waals surface area contributed by atoms with E-state index in [2.05, 4.69) is 12.2 Å². The van der Waals surface area contributed by atoms with Crippen LogP contribution in [-0.2, 0) is 16.1 Å². The van der Waals surface area contributed by atoms with Crippen LogP contribution >= 0.6 is 11.8 Å². The molecule has 0 spiro atoms. The summed E-state index contributed by atoms with van der Waals surface area (Å²) in [5.74, 6) is 0.228. The van der Waals surface area contributed by atoms with Gasteiger partial charge in [-0.05, 0) is 46.0 Å². The number of likely N-dealkylation sites (N-methyl/N-ethyl adjacent to an activating group) is 2. The van der Waals surface area contributed by atoms with E-state index in [0.717, 1.165) is 25.8 Å². The van der Waals surface area contributed by atoms with Gasteiger partial charge in [0.15, 0.2) is 0 Å². The number of benzene rings is 1. The van der Waals surface area contributed by atoms with Crippen molar-refractivity contribution in [1.82, 2.24) is 15.1 Å². The van der Waals surface area contributed by atoms with E-state index in [1.54, 1.807) is 31.5 Å². The third-order valence-corrected chi connectivity index (χ3v) is 8.81. The first kappa shape index (κ1) is 30.7. The zero-order valence-electron chi connectivity index (χ0n) is 22.8. The Morgan fingerprint density at radius 3 is 2.61 bits per heavy atom. The first-order valence-electron chi connectivity index (χ1n) is 13.2. The van der Waals surface area contributed by atoms with E-state index in [9.17, 15) is 30.2 Å². The van der Waals surface area contributed by atoms with Gasteiger partial charge in [-0.2, -0.15) is 0 Å². The van der Waals surface area contributed by atoms with Crippen molar-refractivity contribution in [2.45, 2.75) is 87.6 Å². The Balaban J connectivity index is 1.87. The second-order valence-electron chi connectivity index (χ2n) is 10.6. The summed E-state index contributed by atoms with van der Waals surface area (Å²) in [5.41, 5.74) is -0.289. The Hall–Kier alpha value is -1.80. The van der Waals surface area contributed by atoms with Gasteiger partial charge in [0, 0.05) is 30.8 Å². The lowest BCUT2D eigenvalue weighted by molar-refractivity contribution is -0.385. The summed E-state index contributed by atoms with van der Waals surface area (Å²) in [6.45, 7) is 5.01. The molecule has 2 fully saturated rings. The maximum Gasteiger partial charge on any atom is 0.273 e. The summed E-state index contributed by atoms with van der Waals surface area (Å²) in [6, 6.07) is 4.91. The maximum absolute atomic E-state index is 13.6. The number of rotatable bonds is 11. The van der Waals surface area contributed by atoms with E-state index in [1.165, 1.54) is 17.8 Å². The van der Waals surface area contributed by atoms with Gasteiger partial charge in [0.25, 0.3) is 5.69 Å². The molecule has 0 saturated carbocycles. The highest BCUT2D eigenvalue weighted by Gasteiger charge is 2.49. The molecule has 38 heavy (non-hydrogen) atoms. The number of para-hydroxylation sites is 1. The van der Waals surface area contributed by atoms with Crippen LogP contribution in [0.5, 0.6) is 0 Å². The van der Waals surface area contributed by atoms with Gasteiger partial charge < -0.3 is 25.4 Å². The molecule has 2 aliphatic rings. The first-order chi connectivity index (χ1) is 18.0. The van der Waals surface area contributed by atoms with Gasteiger partial charge in [-0.1, -0.05) is 31.5 Å². The molecule has 11 nitrogen and oxygen atoms in total. The fraction of sp³-hybridized carbons (Fsp3) is 0.731. The van der Waals surface area contributed by atoms with E-state index in [1.807, 2.05) is 23.8 Å². The largest absolute Gasteiger partial charge is 0.388 e. The van der Waals surface area contributed by atoms with E-state index in [-0.39, 0.29) is 24.2 Å². The fourth-order valence-electron chi connectivity index (χ4n) is 5.64. The van der Waals surface area contributed by atoms with Crippen LogP contribution in [0.1, 0.15) is 38.7 Å². The van der Waals surface area contributed by atoms with Gasteiger partial charge >= 0.3 is 0 Å². The zero-order chi connectivity index (χ0) is 28.1. The van der Waals surface area contributed by atoms with Crippen molar-refractivity contribution in [2.75, 3.05) is 26.9 Å².